The molecule has 1 aromatic carbocycles. The molecule has 3 heteroatoms. The molecule has 16 heavy (non-hydrogen) atoms. The molecular formula is C13H20O3. The topological polar surface area (TPSA) is 38.7 Å². The van der Waals surface area contributed by atoms with Gasteiger partial charge >= 0.3 is 0 Å². The van der Waals surface area contributed by atoms with Crippen molar-refractivity contribution in [1.29, 1.82) is 0 Å². The van der Waals surface area contributed by atoms with Gasteiger partial charge in [0.2, 0.25) is 0 Å². The quantitative estimate of drug-likeness (QED) is 0.835. The van der Waals surface area contributed by atoms with Crippen molar-refractivity contribution in [2.45, 2.75) is 26.7 Å². The number of phenolic OH excluding ortho intramolecular Hbond substituents is 1. The summed E-state index contributed by atoms with van der Waals surface area (Å²) in [6, 6.07) is 3.25. The minimum atomic E-state index is 0.169. The van der Waals surface area contributed by atoms with Crippen LogP contribution in [-0.2, 0) is 6.42 Å². The average molecular weight is 224 g/mol. The minimum absolute atomic E-state index is 0.169. The highest BCUT2D eigenvalue weighted by Gasteiger charge is 2.12. The van der Waals surface area contributed by atoms with E-state index in [2.05, 4.69) is 13.8 Å². The van der Waals surface area contributed by atoms with E-state index in [1.165, 1.54) is 0 Å². The van der Waals surface area contributed by atoms with E-state index in [0.717, 1.165) is 18.4 Å². The van der Waals surface area contributed by atoms with Crippen molar-refractivity contribution in [3.8, 4) is 17.2 Å². The zero-order valence-electron chi connectivity index (χ0n) is 10.4. The van der Waals surface area contributed by atoms with Crippen molar-refractivity contribution in [3.05, 3.63) is 17.7 Å². The molecule has 1 rings (SSSR count). The van der Waals surface area contributed by atoms with E-state index in [-0.39, 0.29) is 5.75 Å². The highest BCUT2D eigenvalue weighted by molar-refractivity contribution is 5.50. The second-order valence-electron chi connectivity index (χ2n) is 4.26. The fourth-order valence-electron chi connectivity index (χ4n) is 1.65. The summed E-state index contributed by atoms with van der Waals surface area (Å²) in [5.41, 5.74) is 1.02. The second-order valence-corrected chi connectivity index (χ2v) is 4.26. The number of methoxy groups -OCH3 is 2. The molecule has 0 spiro atoms. The fourth-order valence-corrected chi connectivity index (χ4v) is 1.65. The Bertz CT molecular complexity index is 320. The van der Waals surface area contributed by atoms with Gasteiger partial charge in [-0.2, -0.15) is 0 Å². The minimum Gasteiger partial charge on any atom is -0.508 e. The van der Waals surface area contributed by atoms with Crippen LogP contribution in [0.1, 0.15) is 25.8 Å². The van der Waals surface area contributed by atoms with E-state index in [1.807, 2.05) is 0 Å². The lowest BCUT2D eigenvalue weighted by molar-refractivity contribution is 0.374. The van der Waals surface area contributed by atoms with Gasteiger partial charge in [0.1, 0.15) is 17.2 Å². The largest absolute Gasteiger partial charge is 0.508 e. The smallest absolute Gasteiger partial charge is 0.129 e. The first-order valence-corrected chi connectivity index (χ1v) is 5.52. The van der Waals surface area contributed by atoms with Crippen molar-refractivity contribution < 1.29 is 14.6 Å². The van der Waals surface area contributed by atoms with Gasteiger partial charge in [0, 0.05) is 17.7 Å². The van der Waals surface area contributed by atoms with Crippen LogP contribution < -0.4 is 9.47 Å². The first-order valence-electron chi connectivity index (χ1n) is 5.52. The maximum absolute atomic E-state index is 9.50. The van der Waals surface area contributed by atoms with Crippen LogP contribution in [0.25, 0.3) is 0 Å². The normalized spacial score (nSPS) is 10.6. The first kappa shape index (κ1) is 12.7. The Hall–Kier alpha value is -1.38. The van der Waals surface area contributed by atoms with Gasteiger partial charge in [-0.3, -0.25) is 0 Å². The molecule has 0 aliphatic carbocycles. The summed E-state index contributed by atoms with van der Waals surface area (Å²) >= 11 is 0. The molecule has 0 aromatic heterocycles. The maximum atomic E-state index is 9.50. The van der Waals surface area contributed by atoms with E-state index >= 15 is 0 Å². The lowest BCUT2D eigenvalue weighted by atomic mass is 10.0. The Kier molecular flexibility index (Phi) is 4.47. The Labute approximate surface area is 97.0 Å². The Morgan fingerprint density at radius 3 is 2.00 bits per heavy atom. The molecule has 0 radical (unpaired) electrons. The predicted octanol–water partition coefficient (Wildman–Crippen LogP) is 3.00. The van der Waals surface area contributed by atoms with Gasteiger partial charge in [-0.25, -0.2) is 0 Å². The molecule has 0 amide bonds. The van der Waals surface area contributed by atoms with Crippen LogP contribution in [-0.4, -0.2) is 19.3 Å². The molecule has 0 aliphatic heterocycles. The summed E-state index contributed by atoms with van der Waals surface area (Å²) in [4.78, 5) is 0. The van der Waals surface area contributed by atoms with E-state index in [9.17, 15) is 5.11 Å². The molecule has 90 valence electrons. The Morgan fingerprint density at radius 1 is 1.12 bits per heavy atom. The van der Waals surface area contributed by atoms with Gasteiger partial charge in [-0.05, 0) is 18.8 Å². The van der Waals surface area contributed by atoms with Crippen LogP contribution in [0.2, 0.25) is 0 Å². The molecule has 0 unspecified atom stereocenters. The summed E-state index contributed by atoms with van der Waals surface area (Å²) in [7, 11) is 3.21. The predicted molar refractivity (Wildman–Crippen MR) is 64.4 cm³/mol. The van der Waals surface area contributed by atoms with Crippen molar-refractivity contribution in [2.75, 3.05) is 14.2 Å². The van der Waals surface area contributed by atoms with Gasteiger partial charge in [0.15, 0.2) is 0 Å². The lowest BCUT2D eigenvalue weighted by Crippen LogP contribution is -1.99. The number of ether oxygens (including phenoxy) is 2. The molecular weight excluding hydrogens is 204 g/mol. The molecule has 0 heterocycles. The summed E-state index contributed by atoms with van der Waals surface area (Å²) in [5.74, 6) is 2.18. The summed E-state index contributed by atoms with van der Waals surface area (Å²) < 4.78 is 10.5. The number of benzene rings is 1. The molecule has 0 fully saturated rings. The monoisotopic (exact) mass is 224 g/mol. The third kappa shape index (κ3) is 3.05. The number of aromatic hydroxyl groups is 1. The molecule has 0 atom stereocenters. The van der Waals surface area contributed by atoms with Crippen LogP contribution in [0.3, 0.4) is 0 Å². The molecule has 3 nitrogen and oxygen atoms in total. The molecule has 0 saturated heterocycles. The second kappa shape index (κ2) is 5.64. The number of phenols is 1. The van der Waals surface area contributed by atoms with E-state index in [0.29, 0.717) is 17.4 Å². The van der Waals surface area contributed by atoms with Crippen molar-refractivity contribution >= 4 is 0 Å². The van der Waals surface area contributed by atoms with Crippen LogP contribution in [0, 0.1) is 5.92 Å². The molecule has 1 aromatic rings. The summed E-state index contributed by atoms with van der Waals surface area (Å²) in [6.45, 7) is 4.36. The highest BCUT2D eigenvalue weighted by atomic mass is 16.5. The zero-order chi connectivity index (χ0) is 12.1. The number of hydrogen-bond acceptors (Lipinski definition) is 3. The van der Waals surface area contributed by atoms with E-state index in [1.54, 1.807) is 26.4 Å². The highest BCUT2D eigenvalue weighted by Crippen LogP contribution is 2.34. The first-order chi connectivity index (χ1) is 7.58. The summed E-state index contributed by atoms with van der Waals surface area (Å²) in [6.07, 6.45) is 1.96. The number of hydrogen-bond donors (Lipinski definition) is 1. The Morgan fingerprint density at radius 2 is 1.62 bits per heavy atom. The van der Waals surface area contributed by atoms with E-state index in [4.69, 9.17) is 9.47 Å². The summed E-state index contributed by atoms with van der Waals surface area (Å²) in [5, 5.41) is 9.50. The molecule has 0 bridgehead atoms. The van der Waals surface area contributed by atoms with Crippen molar-refractivity contribution in [2.24, 2.45) is 5.92 Å². The third-order valence-electron chi connectivity index (χ3n) is 2.56. The van der Waals surface area contributed by atoms with Crippen LogP contribution in [0.5, 0.6) is 17.2 Å². The molecule has 1 N–H and O–H groups in total. The van der Waals surface area contributed by atoms with Crippen molar-refractivity contribution in [3.63, 3.8) is 0 Å². The maximum Gasteiger partial charge on any atom is 0.129 e. The Balaban J connectivity index is 3.02. The van der Waals surface area contributed by atoms with E-state index < -0.39 is 0 Å². The van der Waals surface area contributed by atoms with Gasteiger partial charge < -0.3 is 14.6 Å². The van der Waals surface area contributed by atoms with Crippen molar-refractivity contribution in [1.82, 2.24) is 0 Å². The standard InChI is InChI=1S/C13H20O3/c1-9(2)5-6-11-12(15-3)7-10(14)8-13(11)16-4/h7-9,14H,5-6H2,1-4H3. The van der Waals surface area contributed by atoms with Crippen LogP contribution in [0.15, 0.2) is 12.1 Å². The van der Waals surface area contributed by atoms with Gasteiger partial charge in [-0.15, -0.1) is 0 Å². The zero-order valence-corrected chi connectivity index (χ0v) is 10.4. The van der Waals surface area contributed by atoms with Gasteiger partial charge in [-0.1, -0.05) is 13.8 Å². The fraction of sp³-hybridized carbons (Fsp3) is 0.538. The van der Waals surface area contributed by atoms with Gasteiger partial charge in [0.25, 0.3) is 0 Å². The van der Waals surface area contributed by atoms with Crippen LogP contribution in [0.4, 0.5) is 0 Å². The SMILES string of the molecule is COc1cc(O)cc(OC)c1CCC(C)C. The molecule has 0 aliphatic rings. The molecule has 0 saturated carbocycles. The van der Waals surface area contributed by atoms with Gasteiger partial charge in [0.05, 0.1) is 14.2 Å². The lowest BCUT2D eigenvalue weighted by Gasteiger charge is -2.14. The number of rotatable bonds is 5. The van der Waals surface area contributed by atoms with Crippen LogP contribution >= 0.6 is 0 Å². The third-order valence-corrected chi connectivity index (χ3v) is 2.56. The average Bonchev–Trinajstić information content (AvgIpc) is 2.25.